The Morgan fingerprint density at radius 2 is 2.04 bits per heavy atom. The van der Waals surface area contributed by atoms with Gasteiger partial charge in [-0.3, -0.25) is 9.78 Å². The quantitative estimate of drug-likeness (QED) is 0.741. The number of aromatic nitrogens is 5. The Morgan fingerprint density at radius 3 is 2.72 bits per heavy atom. The van der Waals surface area contributed by atoms with E-state index in [2.05, 4.69) is 39.7 Å². The van der Waals surface area contributed by atoms with Gasteiger partial charge in [0.2, 0.25) is 0 Å². The molecule has 0 aliphatic heterocycles. The first-order chi connectivity index (χ1) is 12.1. The molecule has 2 aromatic heterocycles. The molecule has 2 heterocycles. The van der Waals surface area contributed by atoms with Crippen LogP contribution in [0.1, 0.15) is 24.2 Å². The van der Waals surface area contributed by atoms with Crippen LogP contribution in [0.25, 0.3) is 5.69 Å². The van der Waals surface area contributed by atoms with Crippen LogP contribution in [0.15, 0.2) is 49.1 Å². The maximum atomic E-state index is 12.5. The maximum absolute atomic E-state index is 12.5. The first-order valence-corrected chi connectivity index (χ1v) is 7.85. The van der Waals surface area contributed by atoms with Crippen molar-refractivity contribution in [3.8, 4) is 11.4 Å². The molecule has 0 spiro atoms. The Bertz CT molecular complexity index is 834. The SMILES string of the molecule is CC(C)COc1ccc(C(=O)Nc2ccncc2)cc1-n1cnnn1. The lowest BCUT2D eigenvalue weighted by atomic mass is 10.1. The molecule has 0 fully saturated rings. The van der Waals surface area contributed by atoms with Crippen LogP contribution in [0.3, 0.4) is 0 Å². The van der Waals surface area contributed by atoms with E-state index in [1.807, 2.05) is 0 Å². The number of amides is 1. The number of benzene rings is 1. The molecule has 0 saturated heterocycles. The zero-order chi connectivity index (χ0) is 17.6. The molecule has 0 unspecified atom stereocenters. The average Bonchev–Trinajstić information content (AvgIpc) is 3.15. The van der Waals surface area contributed by atoms with E-state index >= 15 is 0 Å². The van der Waals surface area contributed by atoms with Crippen molar-refractivity contribution in [2.45, 2.75) is 13.8 Å². The summed E-state index contributed by atoms with van der Waals surface area (Å²) in [7, 11) is 0. The summed E-state index contributed by atoms with van der Waals surface area (Å²) >= 11 is 0. The largest absolute Gasteiger partial charge is 0.491 e. The molecule has 0 atom stereocenters. The topological polar surface area (TPSA) is 94.8 Å². The van der Waals surface area contributed by atoms with Crippen LogP contribution in [0.4, 0.5) is 5.69 Å². The summed E-state index contributed by atoms with van der Waals surface area (Å²) in [6.07, 6.45) is 4.69. The van der Waals surface area contributed by atoms with Crippen molar-refractivity contribution in [1.82, 2.24) is 25.2 Å². The average molecular weight is 338 g/mol. The van der Waals surface area contributed by atoms with Gasteiger partial charge in [-0.2, -0.15) is 4.68 Å². The summed E-state index contributed by atoms with van der Waals surface area (Å²) in [5.74, 6) is 0.744. The van der Waals surface area contributed by atoms with Crippen LogP contribution < -0.4 is 10.1 Å². The minimum absolute atomic E-state index is 0.240. The summed E-state index contributed by atoms with van der Waals surface area (Å²) in [6.45, 7) is 4.68. The van der Waals surface area contributed by atoms with Gasteiger partial charge in [0.25, 0.3) is 5.91 Å². The summed E-state index contributed by atoms with van der Waals surface area (Å²) in [5, 5.41) is 14.0. The first kappa shape index (κ1) is 16.6. The minimum atomic E-state index is -0.240. The summed E-state index contributed by atoms with van der Waals surface area (Å²) < 4.78 is 7.29. The molecule has 0 aliphatic rings. The van der Waals surface area contributed by atoms with Crippen molar-refractivity contribution < 1.29 is 9.53 Å². The molecular formula is C17H18N6O2. The van der Waals surface area contributed by atoms with Gasteiger partial charge in [0.15, 0.2) is 0 Å². The number of hydrogen-bond donors (Lipinski definition) is 1. The van der Waals surface area contributed by atoms with Crippen molar-refractivity contribution in [3.63, 3.8) is 0 Å². The van der Waals surface area contributed by atoms with E-state index < -0.39 is 0 Å². The number of carbonyl (C=O) groups excluding carboxylic acids is 1. The Balaban J connectivity index is 1.88. The van der Waals surface area contributed by atoms with E-state index in [1.54, 1.807) is 42.7 Å². The van der Waals surface area contributed by atoms with E-state index in [9.17, 15) is 4.79 Å². The lowest BCUT2D eigenvalue weighted by Gasteiger charge is -2.14. The fourth-order valence-electron chi connectivity index (χ4n) is 2.13. The van der Waals surface area contributed by atoms with Crippen molar-refractivity contribution >= 4 is 11.6 Å². The molecule has 1 N–H and O–H groups in total. The van der Waals surface area contributed by atoms with Gasteiger partial charge >= 0.3 is 0 Å². The summed E-state index contributed by atoms with van der Waals surface area (Å²) in [6, 6.07) is 8.60. The van der Waals surface area contributed by atoms with Crippen LogP contribution in [0.2, 0.25) is 0 Å². The summed E-state index contributed by atoms with van der Waals surface area (Å²) in [5.41, 5.74) is 1.75. The number of pyridine rings is 1. The van der Waals surface area contributed by atoms with Gasteiger partial charge in [-0.1, -0.05) is 13.8 Å². The molecule has 0 aliphatic carbocycles. The highest BCUT2D eigenvalue weighted by molar-refractivity contribution is 6.04. The van der Waals surface area contributed by atoms with E-state index in [0.29, 0.717) is 35.2 Å². The van der Waals surface area contributed by atoms with Crippen LogP contribution in [-0.2, 0) is 0 Å². The predicted molar refractivity (Wildman–Crippen MR) is 91.7 cm³/mol. The Kier molecular flexibility index (Phi) is 4.98. The molecule has 0 saturated carbocycles. The molecule has 3 rings (SSSR count). The second-order valence-electron chi connectivity index (χ2n) is 5.83. The van der Waals surface area contributed by atoms with Gasteiger partial charge < -0.3 is 10.1 Å². The van der Waals surface area contributed by atoms with Gasteiger partial charge in [0.1, 0.15) is 17.8 Å². The Morgan fingerprint density at radius 1 is 1.24 bits per heavy atom. The standard InChI is InChI=1S/C17H18N6O2/c1-12(2)10-25-16-4-3-13(9-15(16)23-11-19-21-22-23)17(24)20-14-5-7-18-8-6-14/h3-9,11-12H,10H2,1-2H3,(H,18,20,24). The van der Waals surface area contributed by atoms with E-state index in [1.165, 1.54) is 11.0 Å². The highest BCUT2D eigenvalue weighted by atomic mass is 16.5. The second kappa shape index (κ2) is 7.52. The monoisotopic (exact) mass is 338 g/mol. The van der Waals surface area contributed by atoms with Crippen molar-refractivity contribution in [3.05, 3.63) is 54.6 Å². The fourth-order valence-corrected chi connectivity index (χ4v) is 2.13. The van der Waals surface area contributed by atoms with E-state index in [0.717, 1.165) is 0 Å². The molecule has 1 amide bonds. The highest BCUT2D eigenvalue weighted by Gasteiger charge is 2.14. The minimum Gasteiger partial charge on any atom is -0.491 e. The van der Waals surface area contributed by atoms with E-state index in [4.69, 9.17) is 4.74 Å². The van der Waals surface area contributed by atoms with Crippen LogP contribution >= 0.6 is 0 Å². The van der Waals surface area contributed by atoms with Gasteiger partial charge in [-0.05, 0) is 46.7 Å². The number of nitrogens with one attached hydrogen (secondary N) is 1. The number of ether oxygens (including phenoxy) is 1. The molecule has 0 radical (unpaired) electrons. The number of anilines is 1. The van der Waals surface area contributed by atoms with Gasteiger partial charge in [-0.15, -0.1) is 5.10 Å². The highest BCUT2D eigenvalue weighted by Crippen LogP contribution is 2.24. The maximum Gasteiger partial charge on any atom is 0.255 e. The second-order valence-corrected chi connectivity index (χ2v) is 5.83. The number of tetrazole rings is 1. The predicted octanol–water partition coefficient (Wildman–Crippen LogP) is 2.34. The van der Waals surface area contributed by atoms with Crippen LogP contribution in [-0.4, -0.2) is 37.7 Å². The zero-order valence-electron chi connectivity index (χ0n) is 14.0. The molecular weight excluding hydrogens is 320 g/mol. The lowest BCUT2D eigenvalue weighted by Crippen LogP contribution is -2.13. The first-order valence-electron chi connectivity index (χ1n) is 7.85. The Hall–Kier alpha value is -3.29. The number of hydrogen-bond acceptors (Lipinski definition) is 6. The molecule has 8 nitrogen and oxygen atoms in total. The smallest absolute Gasteiger partial charge is 0.255 e. The number of carbonyl (C=O) groups is 1. The summed E-state index contributed by atoms with van der Waals surface area (Å²) in [4.78, 5) is 16.4. The fraction of sp³-hybridized carbons (Fsp3) is 0.235. The number of rotatable bonds is 6. The molecule has 128 valence electrons. The van der Waals surface area contributed by atoms with Crippen LogP contribution in [0, 0.1) is 5.92 Å². The Labute approximate surface area is 144 Å². The van der Waals surface area contributed by atoms with Crippen molar-refractivity contribution in [1.29, 1.82) is 0 Å². The van der Waals surface area contributed by atoms with Gasteiger partial charge in [-0.25, -0.2) is 0 Å². The van der Waals surface area contributed by atoms with Gasteiger partial charge in [0.05, 0.1) is 6.61 Å². The van der Waals surface area contributed by atoms with Crippen molar-refractivity contribution in [2.24, 2.45) is 5.92 Å². The molecule has 8 heteroatoms. The van der Waals surface area contributed by atoms with E-state index in [-0.39, 0.29) is 5.91 Å². The van der Waals surface area contributed by atoms with Gasteiger partial charge in [0, 0.05) is 23.6 Å². The normalized spacial score (nSPS) is 10.7. The van der Waals surface area contributed by atoms with Crippen molar-refractivity contribution in [2.75, 3.05) is 11.9 Å². The molecule has 3 aromatic rings. The third-order valence-corrected chi connectivity index (χ3v) is 3.33. The third kappa shape index (κ3) is 4.17. The zero-order valence-corrected chi connectivity index (χ0v) is 14.0. The molecule has 25 heavy (non-hydrogen) atoms. The number of nitrogens with zero attached hydrogens (tertiary/aromatic N) is 5. The van der Waals surface area contributed by atoms with Crippen LogP contribution in [0.5, 0.6) is 5.75 Å². The molecule has 0 bridgehead atoms. The lowest BCUT2D eigenvalue weighted by molar-refractivity contribution is 0.102. The third-order valence-electron chi connectivity index (χ3n) is 3.33. The molecule has 1 aromatic carbocycles.